The van der Waals surface area contributed by atoms with Crippen molar-refractivity contribution in [2.75, 3.05) is 26.0 Å². The van der Waals surface area contributed by atoms with Crippen molar-refractivity contribution in [2.24, 2.45) is 0 Å². The van der Waals surface area contributed by atoms with Crippen molar-refractivity contribution in [2.45, 2.75) is 12.6 Å². The predicted molar refractivity (Wildman–Crippen MR) is 54.7 cm³/mol. The summed E-state index contributed by atoms with van der Waals surface area (Å²) in [6.07, 6.45) is 1.71. The molecule has 1 aromatic heterocycles. The minimum Gasteiger partial charge on any atom is -0.383 e. The summed E-state index contributed by atoms with van der Waals surface area (Å²) in [4.78, 5) is 6.30. The van der Waals surface area contributed by atoms with E-state index in [1.54, 1.807) is 6.20 Å². The summed E-state index contributed by atoms with van der Waals surface area (Å²) in [6, 6.07) is 4.46. The first-order valence-corrected chi connectivity index (χ1v) is 4.74. The molecule has 0 atom stereocenters. The minimum absolute atomic E-state index is 0.537. The van der Waals surface area contributed by atoms with E-state index in [0.717, 1.165) is 25.3 Å². The fourth-order valence-corrected chi connectivity index (χ4v) is 1.46. The van der Waals surface area contributed by atoms with E-state index < -0.39 is 0 Å². The predicted octanol–water partition coefficient (Wildman–Crippen LogP) is 0.494. The zero-order chi connectivity index (χ0) is 9.97. The molecule has 0 aliphatic carbocycles. The number of likely N-dealkylation sites (N-methyl/N-ethyl adjacent to an activating group) is 1. The second-order valence-electron chi connectivity index (χ2n) is 3.65. The van der Waals surface area contributed by atoms with Gasteiger partial charge in [0.25, 0.3) is 0 Å². The van der Waals surface area contributed by atoms with E-state index in [0.29, 0.717) is 11.9 Å². The Morgan fingerprint density at radius 2 is 2.43 bits per heavy atom. The van der Waals surface area contributed by atoms with Crippen molar-refractivity contribution in [3.63, 3.8) is 0 Å². The van der Waals surface area contributed by atoms with Crippen molar-refractivity contribution >= 4 is 5.82 Å². The second kappa shape index (κ2) is 3.94. The number of ether oxygens (including phenoxy) is 1. The van der Waals surface area contributed by atoms with Gasteiger partial charge in [-0.15, -0.1) is 0 Å². The van der Waals surface area contributed by atoms with E-state index >= 15 is 0 Å². The van der Waals surface area contributed by atoms with Gasteiger partial charge in [0.15, 0.2) is 0 Å². The lowest BCUT2D eigenvalue weighted by Crippen LogP contribution is -2.46. The number of rotatable bonds is 3. The lowest BCUT2D eigenvalue weighted by atomic mass is 10.2. The van der Waals surface area contributed by atoms with Gasteiger partial charge in [0.2, 0.25) is 0 Å². The molecule has 0 spiro atoms. The van der Waals surface area contributed by atoms with Crippen LogP contribution in [0.15, 0.2) is 18.3 Å². The van der Waals surface area contributed by atoms with Gasteiger partial charge < -0.3 is 10.5 Å². The molecule has 4 heteroatoms. The Bertz CT molecular complexity index is 312. The highest BCUT2D eigenvalue weighted by molar-refractivity contribution is 5.38. The third-order valence-electron chi connectivity index (χ3n) is 2.59. The van der Waals surface area contributed by atoms with Gasteiger partial charge in [-0.2, -0.15) is 0 Å². The number of nitrogens with zero attached hydrogens (tertiary/aromatic N) is 2. The molecule has 2 N–H and O–H groups in total. The maximum Gasteiger partial charge on any atom is 0.127 e. The van der Waals surface area contributed by atoms with Gasteiger partial charge in [0.05, 0.1) is 19.3 Å². The van der Waals surface area contributed by atoms with Crippen LogP contribution in [0.2, 0.25) is 0 Å². The smallest absolute Gasteiger partial charge is 0.127 e. The number of nitrogen functional groups attached to an aromatic ring is 1. The largest absolute Gasteiger partial charge is 0.383 e. The summed E-state index contributed by atoms with van der Waals surface area (Å²) in [5.41, 5.74) is 6.84. The topological polar surface area (TPSA) is 51.4 Å². The second-order valence-corrected chi connectivity index (χ2v) is 3.65. The number of hydrogen-bond donors (Lipinski definition) is 1. The van der Waals surface area contributed by atoms with Crippen molar-refractivity contribution in [3.8, 4) is 0 Å². The minimum atomic E-state index is 0.537. The summed E-state index contributed by atoms with van der Waals surface area (Å²) >= 11 is 0. The third-order valence-corrected chi connectivity index (χ3v) is 2.59. The van der Waals surface area contributed by atoms with Crippen LogP contribution in [-0.2, 0) is 11.3 Å². The highest BCUT2D eigenvalue weighted by Gasteiger charge is 2.23. The van der Waals surface area contributed by atoms with Gasteiger partial charge in [0.1, 0.15) is 5.82 Å². The Kier molecular flexibility index (Phi) is 2.65. The van der Waals surface area contributed by atoms with E-state index in [2.05, 4.69) is 16.9 Å². The average molecular weight is 193 g/mol. The number of pyridine rings is 1. The van der Waals surface area contributed by atoms with E-state index in [1.807, 2.05) is 12.1 Å². The Morgan fingerprint density at radius 1 is 1.64 bits per heavy atom. The number of hydrogen-bond acceptors (Lipinski definition) is 4. The molecule has 1 aromatic rings. The van der Waals surface area contributed by atoms with E-state index in [4.69, 9.17) is 10.5 Å². The zero-order valence-electron chi connectivity index (χ0n) is 8.31. The Hall–Kier alpha value is -1.13. The molecule has 4 nitrogen and oxygen atoms in total. The van der Waals surface area contributed by atoms with E-state index in [9.17, 15) is 0 Å². The summed E-state index contributed by atoms with van der Waals surface area (Å²) in [6.45, 7) is 2.50. The van der Waals surface area contributed by atoms with Crippen LogP contribution < -0.4 is 5.73 Å². The highest BCUT2D eigenvalue weighted by atomic mass is 16.5. The Morgan fingerprint density at radius 3 is 3.00 bits per heavy atom. The standard InChI is InChI=1S/C10H15N3O/c1-13(9-6-14-7-9)5-8-3-2-4-12-10(8)11/h2-4,9H,5-7H2,1H3,(H2,11,12). The molecule has 14 heavy (non-hydrogen) atoms. The van der Waals surface area contributed by atoms with Crippen LogP contribution in [0, 0.1) is 0 Å². The Labute approximate surface area is 83.7 Å². The SMILES string of the molecule is CN(Cc1cccnc1N)C1COC1. The monoisotopic (exact) mass is 193 g/mol. The fourth-order valence-electron chi connectivity index (χ4n) is 1.46. The highest BCUT2D eigenvalue weighted by Crippen LogP contribution is 2.14. The fraction of sp³-hybridized carbons (Fsp3) is 0.500. The number of anilines is 1. The summed E-state index contributed by atoms with van der Waals surface area (Å²) < 4.78 is 5.14. The van der Waals surface area contributed by atoms with Gasteiger partial charge in [-0.3, -0.25) is 4.90 Å². The van der Waals surface area contributed by atoms with Crippen molar-refractivity contribution < 1.29 is 4.74 Å². The van der Waals surface area contributed by atoms with Crippen LogP contribution in [0.25, 0.3) is 0 Å². The van der Waals surface area contributed by atoms with Gasteiger partial charge in [-0.1, -0.05) is 6.07 Å². The van der Waals surface area contributed by atoms with E-state index in [1.165, 1.54) is 0 Å². The van der Waals surface area contributed by atoms with Crippen LogP contribution in [0.5, 0.6) is 0 Å². The average Bonchev–Trinajstić information content (AvgIpc) is 2.05. The molecule has 1 aliphatic heterocycles. The molecule has 0 unspecified atom stereocenters. The van der Waals surface area contributed by atoms with Gasteiger partial charge in [-0.05, 0) is 13.1 Å². The first-order valence-electron chi connectivity index (χ1n) is 4.74. The van der Waals surface area contributed by atoms with Crippen LogP contribution in [-0.4, -0.2) is 36.2 Å². The summed E-state index contributed by atoms with van der Waals surface area (Å²) in [5, 5.41) is 0. The first-order chi connectivity index (χ1) is 6.77. The molecule has 0 amide bonds. The maximum atomic E-state index is 5.76. The van der Waals surface area contributed by atoms with Crippen LogP contribution in [0.4, 0.5) is 5.82 Å². The first kappa shape index (κ1) is 9.43. The van der Waals surface area contributed by atoms with Crippen LogP contribution in [0.1, 0.15) is 5.56 Å². The number of aromatic nitrogens is 1. The lowest BCUT2D eigenvalue weighted by Gasteiger charge is -2.34. The van der Waals surface area contributed by atoms with Gasteiger partial charge >= 0.3 is 0 Å². The van der Waals surface area contributed by atoms with Crippen LogP contribution >= 0.6 is 0 Å². The maximum absolute atomic E-state index is 5.76. The molecule has 1 saturated heterocycles. The molecule has 76 valence electrons. The molecular formula is C10H15N3O. The summed E-state index contributed by atoms with van der Waals surface area (Å²) in [5.74, 6) is 0.625. The molecule has 1 fully saturated rings. The number of nitrogens with two attached hydrogens (primary N) is 1. The van der Waals surface area contributed by atoms with Gasteiger partial charge in [-0.25, -0.2) is 4.98 Å². The summed E-state index contributed by atoms with van der Waals surface area (Å²) in [7, 11) is 2.08. The van der Waals surface area contributed by atoms with Crippen molar-refractivity contribution in [1.82, 2.24) is 9.88 Å². The molecule has 0 aromatic carbocycles. The lowest BCUT2D eigenvalue weighted by molar-refractivity contribution is -0.0586. The molecule has 2 rings (SSSR count). The molecular weight excluding hydrogens is 178 g/mol. The molecule has 2 heterocycles. The van der Waals surface area contributed by atoms with Crippen molar-refractivity contribution in [1.29, 1.82) is 0 Å². The molecule has 0 radical (unpaired) electrons. The Balaban J connectivity index is 1.99. The third kappa shape index (κ3) is 1.86. The van der Waals surface area contributed by atoms with Crippen molar-refractivity contribution in [3.05, 3.63) is 23.9 Å². The van der Waals surface area contributed by atoms with E-state index in [-0.39, 0.29) is 0 Å². The van der Waals surface area contributed by atoms with Crippen LogP contribution in [0.3, 0.4) is 0 Å². The zero-order valence-corrected chi connectivity index (χ0v) is 8.31. The molecule has 0 bridgehead atoms. The normalized spacial score (nSPS) is 17.0. The van der Waals surface area contributed by atoms with Gasteiger partial charge in [0, 0.05) is 18.3 Å². The molecule has 1 aliphatic rings. The quantitative estimate of drug-likeness (QED) is 0.759. The molecule has 0 saturated carbocycles.